The van der Waals surface area contributed by atoms with E-state index in [1.807, 2.05) is 30.3 Å². The van der Waals surface area contributed by atoms with Gasteiger partial charge in [-0.1, -0.05) is 0 Å². The number of rotatable bonds is 5. The Hall–Kier alpha value is -2.51. The summed E-state index contributed by atoms with van der Waals surface area (Å²) in [7, 11) is 1.64. The molecule has 0 aliphatic carbocycles. The number of aromatic nitrogens is 2. The molecule has 1 N–H and O–H groups in total. The largest absolute Gasteiger partial charge is 0.497 e. The quantitative estimate of drug-likeness (QED) is 0.733. The Morgan fingerprint density at radius 1 is 1.31 bits per heavy atom. The van der Waals surface area contributed by atoms with Crippen LogP contribution in [0.1, 0.15) is 0 Å². The number of hydrogen-bond donors (Lipinski definition) is 1. The Balaban J connectivity index is 0.00000196. The number of methoxy groups -OCH3 is 1. The van der Waals surface area contributed by atoms with E-state index in [9.17, 15) is 0 Å². The minimum Gasteiger partial charge on any atom is -0.497 e. The zero-order chi connectivity index (χ0) is 17.1. The zero-order valence-electron chi connectivity index (χ0n) is 14.4. The molecule has 1 aliphatic heterocycles. The third-order valence-corrected chi connectivity index (χ3v) is 4.26. The summed E-state index contributed by atoms with van der Waals surface area (Å²) in [5.74, 6) is 1.53. The van der Waals surface area contributed by atoms with Crippen LogP contribution in [0.4, 0.5) is 6.01 Å². The number of anilines is 1. The average molecular weight is 377 g/mol. The van der Waals surface area contributed by atoms with Crippen molar-refractivity contribution in [3.05, 3.63) is 42.7 Å². The number of piperazine rings is 1. The molecule has 0 saturated carbocycles. The van der Waals surface area contributed by atoms with Gasteiger partial charge in [-0.25, -0.2) is 0 Å². The smallest absolute Gasteiger partial charge is 0.298 e. The van der Waals surface area contributed by atoms with Crippen molar-refractivity contribution in [3.8, 4) is 11.5 Å². The van der Waals surface area contributed by atoms with Gasteiger partial charge < -0.3 is 24.1 Å². The number of oxazole rings is 1. The van der Waals surface area contributed by atoms with Crippen LogP contribution in [0.5, 0.6) is 11.5 Å². The van der Waals surface area contributed by atoms with E-state index in [0.29, 0.717) is 12.6 Å². The zero-order valence-corrected chi connectivity index (χ0v) is 15.2. The summed E-state index contributed by atoms with van der Waals surface area (Å²) in [6.07, 6.45) is 3.44. The Kier molecular flexibility index (Phi) is 5.80. The predicted octanol–water partition coefficient (Wildman–Crippen LogP) is 2.51. The van der Waals surface area contributed by atoms with E-state index >= 15 is 0 Å². The summed E-state index contributed by atoms with van der Waals surface area (Å²) in [4.78, 5) is 10.9. The van der Waals surface area contributed by atoms with E-state index < -0.39 is 0 Å². The normalized spacial score (nSPS) is 17.0. The molecule has 0 spiro atoms. The average Bonchev–Trinajstić information content (AvgIpc) is 3.10. The second kappa shape index (κ2) is 8.25. The summed E-state index contributed by atoms with van der Waals surface area (Å²) in [6, 6.07) is 10.1. The van der Waals surface area contributed by atoms with Gasteiger partial charge in [-0.05, 0) is 24.3 Å². The van der Waals surface area contributed by atoms with Crippen molar-refractivity contribution in [2.45, 2.75) is 6.04 Å². The molecule has 1 aliphatic rings. The summed E-state index contributed by atoms with van der Waals surface area (Å²) in [6.45, 7) is 3.03. The lowest BCUT2D eigenvalue weighted by atomic mass is 10.2. The van der Waals surface area contributed by atoms with Gasteiger partial charge in [-0.2, -0.15) is 4.98 Å². The van der Waals surface area contributed by atoms with Crippen molar-refractivity contribution >= 4 is 29.5 Å². The van der Waals surface area contributed by atoms with E-state index in [1.54, 1.807) is 19.5 Å². The van der Waals surface area contributed by atoms with Gasteiger partial charge in [0, 0.05) is 31.9 Å². The fourth-order valence-corrected chi connectivity index (χ4v) is 2.93. The van der Waals surface area contributed by atoms with Crippen LogP contribution in [0.25, 0.3) is 11.1 Å². The Labute approximate surface area is 157 Å². The number of halogens is 1. The highest BCUT2D eigenvalue weighted by Gasteiger charge is 2.27. The SMILES string of the molecule is COc1ccc2oc(N3CCNC[C@@H]3COc3cccnc3)nc2c1.Cl. The number of nitrogens with zero attached hydrogens (tertiary/aromatic N) is 3. The number of pyridine rings is 1. The molecule has 3 aromatic rings. The second-order valence-corrected chi connectivity index (χ2v) is 5.88. The molecule has 0 amide bonds. The van der Waals surface area contributed by atoms with Gasteiger partial charge in [0.05, 0.1) is 19.3 Å². The molecule has 138 valence electrons. The molecule has 0 unspecified atom stereocenters. The molecule has 4 rings (SSSR count). The molecule has 2 aromatic heterocycles. The lowest BCUT2D eigenvalue weighted by Gasteiger charge is -2.34. The molecular weight excluding hydrogens is 356 g/mol. The first-order valence-electron chi connectivity index (χ1n) is 8.28. The van der Waals surface area contributed by atoms with E-state index in [4.69, 9.17) is 13.9 Å². The number of benzene rings is 1. The lowest BCUT2D eigenvalue weighted by molar-refractivity contribution is 0.261. The summed E-state index contributed by atoms with van der Waals surface area (Å²) in [5, 5.41) is 3.40. The number of ether oxygens (including phenoxy) is 2. The first-order valence-corrected chi connectivity index (χ1v) is 8.28. The standard InChI is InChI=1S/C18H20N4O3.ClH/c1-23-14-4-5-17-16(9-14)21-18(25-17)22-8-7-20-10-13(22)12-24-15-3-2-6-19-11-15;/h2-6,9,11,13,20H,7-8,10,12H2,1H3;1H/t13-;/m1./s1. The van der Waals surface area contributed by atoms with Crippen molar-refractivity contribution in [1.29, 1.82) is 0 Å². The van der Waals surface area contributed by atoms with Crippen molar-refractivity contribution in [3.63, 3.8) is 0 Å². The van der Waals surface area contributed by atoms with Crippen molar-refractivity contribution in [2.24, 2.45) is 0 Å². The van der Waals surface area contributed by atoms with Crippen LogP contribution in [-0.4, -0.2) is 49.4 Å². The van der Waals surface area contributed by atoms with E-state index in [0.717, 1.165) is 42.2 Å². The number of nitrogens with one attached hydrogen (secondary N) is 1. The Morgan fingerprint density at radius 2 is 2.23 bits per heavy atom. The first-order chi connectivity index (χ1) is 12.3. The van der Waals surface area contributed by atoms with Crippen LogP contribution in [0.2, 0.25) is 0 Å². The Morgan fingerprint density at radius 3 is 3.04 bits per heavy atom. The van der Waals surface area contributed by atoms with E-state index in [2.05, 4.69) is 20.2 Å². The molecule has 26 heavy (non-hydrogen) atoms. The summed E-state index contributed by atoms with van der Waals surface area (Å²) >= 11 is 0. The molecule has 1 atom stereocenters. The van der Waals surface area contributed by atoms with Crippen LogP contribution in [0.3, 0.4) is 0 Å². The third-order valence-electron chi connectivity index (χ3n) is 4.26. The van der Waals surface area contributed by atoms with Gasteiger partial charge in [-0.15, -0.1) is 12.4 Å². The second-order valence-electron chi connectivity index (χ2n) is 5.88. The van der Waals surface area contributed by atoms with Crippen LogP contribution in [0, 0.1) is 0 Å². The molecular formula is C18H21ClN4O3. The number of fused-ring (bicyclic) bond motifs is 1. The van der Waals surface area contributed by atoms with Gasteiger partial charge >= 0.3 is 0 Å². The molecule has 7 nitrogen and oxygen atoms in total. The van der Waals surface area contributed by atoms with Crippen LogP contribution >= 0.6 is 12.4 Å². The topological polar surface area (TPSA) is 72.7 Å². The molecule has 8 heteroatoms. The minimum atomic E-state index is 0. The molecule has 0 bridgehead atoms. The predicted molar refractivity (Wildman–Crippen MR) is 102 cm³/mol. The van der Waals surface area contributed by atoms with Crippen molar-refractivity contribution in [2.75, 3.05) is 38.3 Å². The molecule has 0 radical (unpaired) electrons. The summed E-state index contributed by atoms with van der Waals surface area (Å²) in [5.41, 5.74) is 1.54. The van der Waals surface area contributed by atoms with Crippen LogP contribution in [0.15, 0.2) is 47.1 Å². The van der Waals surface area contributed by atoms with Gasteiger partial charge in [0.25, 0.3) is 6.01 Å². The molecule has 1 aromatic carbocycles. The van der Waals surface area contributed by atoms with Gasteiger partial charge in [0.15, 0.2) is 5.58 Å². The summed E-state index contributed by atoms with van der Waals surface area (Å²) < 4.78 is 17.1. The molecule has 1 saturated heterocycles. The van der Waals surface area contributed by atoms with Crippen LogP contribution in [-0.2, 0) is 0 Å². The van der Waals surface area contributed by atoms with Gasteiger partial charge in [-0.3, -0.25) is 4.98 Å². The third kappa shape index (κ3) is 3.84. The monoisotopic (exact) mass is 376 g/mol. The van der Waals surface area contributed by atoms with Crippen LogP contribution < -0.4 is 19.7 Å². The van der Waals surface area contributed by atoms with Gasteiger partial charge in [0.1, 0.15) is 23.6 Å². The Bertz CT molecular complexity index is 843. The number of hydrogen-bond acceptors (Lipinski definition) is 7. The van der Waals surface area contributed by atoms with E-state index in [1.165, 1.54) is 0 Å². The highest BCUT2D eigenvalue weighted by Crippen LogP contribution is 2.27. The maximum absolute atomic E-state index is 5.95. The lowest BCUT2D eigenvalue weighted by Crippen LogP contribution is -2.54. The fourth-order valence-electron chi connectivity index (χ4n) is 2.93. The van der Waals surface area contributed by atoms with Crippen molar-refractivity contribution in [1.82, 2.24) is 15.3 Å². The molecule has 1 fully saturated rings. The highest BCUT2D eigenvalue weighted by molar-refractivity contribution is 5.85. The van der Waals surface area contributed by atoms with Crippen molar-refractivity contribution < 1.29 is 13.9 Å². The fraction of sp³-hybridized carbons (Fsp3) is 0.333. The highest BCUT2D eigenvalue weighted by atomic mass is 35.5. The van der Waals surface area contributed by atoms with Gasteiger partial charge in [0.2, 0.25) is 0 Å². The first kappa shape index (κ1) is 18.3. The maximum atomic E-state index is 5.95. The molecule has 3 heterocycles. The maximum Gasteiger partial charge on any atom is 0.298 e. The van der Waals surface area contributed by atoms with E-state index in [-0.39, 0.29) is 18.4 Å². The minimum absolute atomic E-state index is 0.